The summed E-state index contributed by atoms with van der Waals surface area (Å²) < 4.78 is 1.97. The number of nitrogens with zero attached hydrogens (tertiary/aromatic N) is 2. The quantitative estimate of drug-likeness (QED) is 0.783. The Hall–Kier alpha value is -0.870. The third kappa shape index (κ3) is 2.79. The van der Waals surface area contributed by atoms with Crippen LogP contribution in [-0.4, -0.2) is 25.8 Å². The van der Waals surface area contributed by atoms with Crippen LogP contribution in [0.5, 0.6) is 0 Å². The van der Waals surface area contributed by atoms with E-state index in [9.17, 15) is 5.11 Å². The summed E-state index contributed by atoms with van der Waals surface area (Å²) in [6.07, 6.45) is 3.60. The Morgan fingerprint density at radius 3 is 2.40 bits per heavy atom. The van der Waals surface area contributed by atoms with Crippen LogP contribution in [0.4, 0.5) is 0 Å². The second kappa shape index (κ2) is 3.94. The third-order valence-corrected chi connectivity index (χ3v) is 3.16. The van der Waals surface area contributed by atoms with Crippen molar-refractivity contribution < 1.29 is 5.11 Å². The average Bonchev–Trinajstić information content (AvgIpc) is 2.46. The molecule has 86 valence electrons. The van der Waals surface area contributed by atoms with Crippen LogP contribution in [0.2, 0.25) is 0 Å². The van der Waals surface area contributed by atoms with Crippen molar-refractivity contribution >= 4 is 0 Å². The van der Waals surface area contributed by atoms with Crippen LogP contribution < -0.4 is 5.32 Å². The highest BCUT2D eigenvalue weighted by molar-refractivity contribution is 5.01. The Morgan fingerprint density at radius 1 is 1.40 bits per heavy atom. The summed E-state index contributed by atoms with van der Waals surface area (Å²) in [5, 5.41) is 13.3. The van der Waals surface area contributed by atoms with Crippen molar-refractivity contribution in [3.05, 3.63) is 18.2 Å². The molecule has 2 N–H and O–H groups in total. The van der Waals surface area contributed by atoms with Gasteiger partial charge in [0, 0.05) is 25.3 Å². The van der Waals surface area contributed by atoms with E-state index in [4.69, 9.17) is 0 Å². The summed E-state index contributed by atoms with van der Waals surface area (Å²) >= 11 is 0. The van der Waals surface area contributed by atoms with Gasteiger partial charge >= 0.3 is 0 Å². The average molecular weight is 211 g/mol. The molecule has 0 unspecified atom stereocenters. The van der Waals surface area contributed by atoms with Crippen LogP contribution in [-0.2, 0) is 13.6 Å². The number of aryl methyl sites for hydroxylation is 1. The summed E-state index contributed by atoms with van der Waals surface area (Å²) in [5.41, 5.74) is 0.00962. The maximum Gasteiger partial charge on any atom is 0.0945 e. The molecule has 4 nitrogen and oxygen atoms in total. The Balaban J connectivity index is 2.61. The third-order valence-electron chi connectivity index (χ3n) is 3.16. The summed E-state index contributed by atoms with van der Waals surface area (Å²) in [5.74, 6) is 0. The van der Waals surface area contributed by atoms with E-state index in [-0.39, 0.29) is 5.54 Å². The lowest BCUT2D eigenvalue weighted by atomic mass is 9.86. The molecule has 1 rings (SSSR count). The van der Waals surface area contributed by atoms with Gasteiger partial charge in [-0.15, -0.1) is 0 Å². The van der Waals surface area contributed by atoms with Gasteiger partial charge in [-0.3, -0.25) is 0 Å². The molecule has 0 spiro atoms. The van der Waals surface area contributed by atoms with E-state index < -0.39 is 5.60 Å². The van der Waals surface area contributed by atoms with Crippen LogP contribution in [0.25, 0.3) is 0 Å². The minimum Gasteiger partial charge on any atom is -0.389 e. The first-order valence-corrected chi connectivity index (χ1v) is 5.16. The molecular formula is C11H21N3O. The Bertz CT molecular complexity index is 323. The van der Waals surface area contributed by atoms with Crippen LogP contribution in [0.1, 0.15) is 33.4 Å². The fourth-order valence-electron chi connectivity index (χ4n) is 1.08. The second-order valence-electron chi connectivity index (χ2n) is 5.03. The van der Waals surface area contributed by atoms with Crippen molar-refractivity contribution in [3.8, 4) is 0 Å². The predicted molar refractivity (Wildman–Crippen MR) is 60.4 cm³/mol. The molecule has 0 radical (unpaired) electrons. The summed E-state index contributed by atoms with van der Waals surface area (Å²) in [4.78, 5) is 4.05. The highest BCUT2D eigenvalue weighted by Crippen LogP contribution is 2.20. The lowest BCUT2D eigenvalue weighted by molar-refractivity contribution is -0.00555. The number of nitrogens with one attached hydrogen (secondary N) is 1. The predicted octanol–water partition coefficient (Wildman–Crippen LogP) is 1.06. The van der Waals surface area contributed by atoms with Crippen LogP contribution in [0.3, 0.4) is 0 Å². The van der Waals surface area contributed by atoms with E-state index in [0.717, 1.165) is 5.69 Å². The van der Waals surface area contributed by atoms with Crippen LogP contribution in [0.15, 0.2) is 12.5 Å². The fourth-order valence-corrected chi connectivity index (χ4v) is 1.08. The number of hydrogen-bond acceptors (Lipinski definition) is 3. The molecule has 4 heteroatoms. The van der Waals surface area contributed by atoms with Gasteiger partial charge in [0.25, 0.3) is 0 Å². The van der Waals surface area contributed by atoms with E-state index in [1.807, 2.05) is 45.5 Å². The van der Waals surface area contributed by atoms with Crippen molar-refractivity contribution in [2.24, 2.45) is 7.05 Å². The van der Waals surface area contributed by atoms with Gasteiger partial charge in [-0.05, 0) is 27.7 Å². The van der Waals surface area contributed by atoms with Crippen molar-refractivity contribution in [1.29, 1.82) is 0 Å². The van der Waals surface area contributed by atoms with Crippen molar-refractivity contribution in [2.75, 3.05) is 0 Å². The van der Waals surface area contributed by atoms with Crippen LogP contribution in [0, 0.1) is 0 Å². The van der Waals surface area contributed by atoms with Gasteiger partial charge in [-0.1, -0.05) is 0 Å². The number of aliphatic hydroxyl groups is 1. The second-order valence-corrected chi connectivity index (χ2v) is 5.03. The summed E-state index contributed by atoms with van der Waals surface area (Å²) in [6.45, 7) is 8.30. The molecule has 0 aliphatic carbocycles. The van der Waals surface area contributed by atoms with E-state index in [1.165, 1.54) is 0 Å². The first-order chi connectivity index (χ1) is 6.74. The standard InChI is InChI=1S/C11H21N3O/c1-10(2,11(3,4)15)13-7-9-6-12-8-14(9)5/h6,8,13,15H,7H2,1-5H3. The summed E-state index contributed by atoms with van der Waals surface area (Å²) in [7, 11) is 1.96. The monoisotopic (exact) mass is 211 g/mol. The molecule has 0 fully saturated rings. The van der Waals surface area contributed by atoms with E-state index >= 15 is 0 Å². The van der Waals surface area contributed by atoms with Gasteiger partial charge in [0.15, 0.2) is 0 Å². The maximum atomic E-state index is 9.96. The Labute approximate surface area is 91.3 Å². The van der Waals surface area contributed by atoms with Crippen molar-refractivity contribution in [2.45, 2.75) is 45.4 Å². The topological polar surface area (TPSA) is 50.1 Å². The van der Waals surface area contributed by atoms with Gasteiger partial charge in [0.1, 0.15) is 0 Å². The minimum atomic E-state index is -0.758. The number of aromatic nitrogens is 2. The lowest BCUT2D eigenvalue weighted by Gasteiger charge is -2.38. The van der Waals surface area contributed by atoms with E-state index in [2.05, 4.69) is 10.3 Å². The minimum absolute atomic E-state index is 0.336. The molecular weight excluding hydrogens is 190 g/mol. The first-order valence-electron chi connectivity index (χ1n) is 5.16. The normalized spacial score (nSPS) is 13.2. The molecule has 0 aliphatic heterocycles. The molecule has 0 bridgehead atoms. The molecule has 1 heterocycles. The molecule has 15 heavy (non-hydrogen) atoms. The zero-order valence-corrected chi connectivity index (χ0v) is 10.2. The van der Waals surface area contributed by atoms with Gasteiger partial charge < -0.3 is 15.0 Å². The molecule has 1 aromatic heterocycles. The number of hydrogen-bond donors (Lipinski definition) is 2. The van der Waals surface area contributed by atoms with E-state index in [0.29, 0.717) is 6.54 Å². The van der Waals surface area contributed by atoms with Crippen LogP contribution >= 0.6 is 0 Å². The first kappa shape index (κ1) is 12.2. The SMILES string of the molecule is Cn1cncc1CNC(C)(C)C(C)(C)O. The largest absolute Gasteiger partial charge is 0.389 e. The number of imidazole rings is 1. The summed E-state index contributed by atoms with van der Waals surface area (Å²) in [6, 6.07) is 0. The van der Waals surface area contributed by atoms with Crippen molar-refractivity contribution in [3.63, 3.8) is 0 Å². The van der Waals surface area contributed by atoms with E-state index in [1.54, 1.807) is 6.33 Å². The lowest BCUT2D eigenvalue weighted by Crippen LogP contribution is -2.55. The molecule has 0 saturated carbocycles. The van der Waals surface area contributed by atoms with Gasteiger partial charge in [-0.2, -0.15) is 0 Å². The zero-order chi connectivity index (χ0) is 11.7. The van der Waals surface area contributed by atoms with Gasteiger partial charge in [0.05, 0.1) is 17.6 Å². The maximum absolute atomic E-state index is 9.96. The van der Waals surface area contributed by atoms with Crippen molar-refractivity contribution in [1.82, 2.24) is 14.9 Å². The van der Waals surface area contributed by atoms with Gasteiger partial charge in [-0.25, -0.2) is 4.98 Å². The molecule has 0 aromatic carbocycles. The molecule has 0 amide bonds. The zero-order valence-electron chi connectivity index (χ0n) is 10.2. The molecule has 0 atom stereocenters. The molecule has 0 saturated heterocycles. The smallest absolute Gasteiger partial charge is 0.0945 e. The molecule has 1 aromatic rings. The highest BCUT2D eigenvalue weighted by Gasteiger charge is 2.34. The highest BCUT2D eigenvalue weighted by atomic mass is 16.3. The number of rotatable bonds is 4. The Morgan fingerprint density at radius 2 is 2.00 bits per heavy atom. The molecule has 0 aliphatic rings. The fraction of sp³-hybridized carbons (Fsp3) is 0.727. The Kier molecular flexibility index (Phi) is 3.21. The van der Waals surface area contributed by atoms with Gasteiger partial charge in [0.2, 0.25) is 0 Å².